The average Bonchev–Trinajstić information content (AvgIpc) is 2.80. The molecule has 0 heterocycles. The highest BCUT2D eigenvalue weighted by Gasteiger charge is 2.17. The minimum atomic E-state index is -0.800. The molecule has 0 saturated heterocycles. The maximum absolute atomic E-state index is 12.3. The van der Waals surface area contributed by atoms with Gasteiger partial charge in [-0.1, -0.05) is 30.3 Å². The molecule has 32 heavy (non-hydrogen) atoms. The molecule has 1 atom stereocenters. The van der Waals surface area contributed by atoms with Crippen molar-refractivity contribution in [3.63, 3.8) is 0 Å². The smallest absolute Gasteiger partial charge is 0.279 e. The van der Waals surface area contributed by atoms with E-state index < -0.39 is 17.9 Å². The van der Waals surface area contributed by atoms with Crippen molar-refractivity contribution in [3.8, 4) is 5.75 Å². The monoisotopic (exact) mass is 431 g/mol. The van der Waals surface area contributed by atoms with Gasteiger partial charge in [-0.25, -0.2) is 0 Å². The molecule has 0 bridgehead atoms. The molecule has 3 rings (SSSR count). The number of carbonyl (C=O) groups is 3. The molecule has 0 radical (unpaired) electrons. The minimum Gasteiger partial charge on any atom is -0.481 e. The first-order valence-corrected chi connectivity index (χ1v) is 10.1. The van der Waals surface area contributed by atoms with Gasteiger partial charge in [-0.05, 0) is 74.4 Å². The molecule has 7 heteroatoms. The van der Waals surface area contributed by atoms with Gasteiger partial charge in [-0.2, -0.15) is 0 Å². The molecule has 3 N–H and O–H groups in total. The fourth-order valence-corrected chi connectivity index (χ4v) is 2.87. The fourth-order valence-electron chi connectivity index (χ4n) is 2.87. The van der Waals surface area contributed by atoms with E-state index in [1.165, 1.54) is 0 Å². The van der Waals surface area contributed by atoms with Crippen LogP contribution in [0.4, 0.5) is 5.69 Å². The van der Waals surface area contributed by atoms with Gasteiger partial charge >= 0.3 is 0 Å². The van der Waals surface area contributed by atoms with E-state index in [1.807, 2.05) is 38.1 Å². The molecule has 0 aromatic heterocycles. The molecule has 164 valence electrons. The maximum Gasteiger partial charge on any atom is 0.279 e. The van der Waals surface area contributed by atoms with Gasteiger partial charge in [0, 0.05) is 16.8 Å². The molecule has 0 aliphatic rings. The van der Waals surface area contributed by atoms with E-state index in [0.717, 1.165) is 11.1 Å². The number of hydrazine groups is 1. The van der Waals surface area contributed by atoms with E-state index in [9.17, 15) is 14.4 Å². The van der Waals surface area contributed by atoms with Crippen LogP contribution in [0.5, 0.6) is 5.75 Å². The predicted octanol–water partition coefficient (Wildman–Crippen LogP) is 3.78. The van der Waals surface area contributed by atoms with E-state index in [1.54, 1.807) is 55.5 Å². The lowest BCUT2D eigenvalue weighted by atomic mass is 10.1. The molecule has 1 unspecified atom stereocenters. The number of hydrogen-bond donors (Lipinski definition) is 3. The van der Waals surface area contributed by atoms with Crippen LogP contribution < -0.4 is 20.9 Å². The number of amides is 3. The Balaban J connectivity index is 1.51. The number of ether oxygens (including phenoxy) is 1. The van der Waals surface area contributed by atoms with Crippen LogP contribution in [0.3, 0.4) is 0 Å². The molecule has 0 saturated carbocycles. The molecule has 3 amide bonds. The third-order valence-corrected chi connectivity index (χ3v) is 4.76. The zero-order valence-corrected chi connectivity index (χ0v) is 18.1. The molecule has 0 spiro atoms. The van der Waals surface area contributed by atoms with E-state index in [4.69, 9.17) is 4.74 Å². The Morgan fingerprint density at radius 2 is 1.44 bits per heavy atom. The van der Waals surface area contributed by atoms with Crippen LogP contribution in [0.2, 0.25) is 0 Å². The first kappa shape index (κ1) is 22.6. The summed E-state index contributed by atoms with van der Waals surface area (Å²) in [7, 11) is 0. The zero-order valence-electron chi connectivity index (χ0n) is 18.1. The normalized spacial score (nSPS) is 11.2. The van der Waals surface area contributed by atoms with Gasteiger partial charge in [0.1, 0.15) is 5.75 Å². The molecule has 0 aliphatic carbocycles. The van der Waals surface area contributed by atoms with Gasteiger partial charge < -0.3 is 10.1 Å². The number of hydrogen-bond acceptors (Lipinski definition) is 4. The highest BCUT2D eigenvalue weighted by Crippen LogP contribution is 2.20. The highest BCUT2D eigenvalue weighted by molar-refractivity contribution is 6.04. The van der Waals surface area contributed by atoms with Crippen LogP contribution in [-0.4, -0.2) is 23.8 Å². The van der Waals surface area contributed by atoms with Crippen LogP contribution in [0.25, 0.3) is 0 Å². The van der Waals surface area contributed by atoms with E-state index in [0.29, 0.717) is 22.6 Å². The minimum absolute atomic E-state index is 0.243. The van der Waals surface area contributed by atoms with Crippen molar-refractivity contribution in [2.24, 2.45) is 0 Å². The summed E-state index contributed by atoms with van der Waals surface area (Å²) in [5.41, 5.74) is 8.09. The summed E-state index contributed by atoms with van der Waals surface area (Å²) >= 11 is 0. The number of carbonyl (C=O) groups excluding carboxylic acids is 3. The Labute approximate surface area is 186 Å². The lowest BCUT2D eigenvalue weighted by Crippen LogP contribution is -2.47. The second-order valence-electron chi connectivity index (χ2n) is 7.37. The SMILES string of the molecule is Cc1ccc(C)c(OC(C)C(=O)NNC(=O)c2ccc(NC(=O)c3ccccc3)cc2)c1. The first-order valence-electron chi connectivity index (χ1n) is 10.1. The summed E-state index contributed by atoms with van der Waals surface area (Å²) < 4.78 is 5.71. The number of rotatable bonds is 6. The van der Waals surface area contributed by atoms with Gasteiger partial charge in [-0.15, -0.1) is 0 Å². The molecule has 0 fully saturated rings. The second kappa shape index (κ2) is 10.3. The van der Waals surface area contributed by atoms with Crippen molar-refractivity contribution in [2.75, 3.05) is 5.32 Å². The molecular formula is C25H25N3O4. The standard InChI is InChI=1S/C25H25N3O4/c1-16-9-10-17(2)22(15-16)32-18(3)23(29)27-28-25(31)20-11-13-21(14-12-20)26-24(30)19-7-5-4-6-8-19/h4-15,18H,1-3H3,(H,26,30)(H,27,29)(H,28,31). The Morgan fingerprint density at radius 3 is 2.12 bits per heavy atom. The van der Waals surface area contributed by atoms with Crippen molar-refractivity contribution in [1.29, 1.82) is 0 Å². The van der Waals surface area contributed by atoms with Crippen LogP contribution in [-0.2, 0) is 4.79 Å². The summed E-state index contributed by atoms with van der Waals surface area (Å²) in [5, 5.41) is 2.76. The molecular weight excluding hydrogens is 406 g/mol. The van der Waals surface area contributed by atoms with Gasteiger partial charge in [0.05, 0.1) is 0 Å². The number of nitrogens with one attached hydrogen (secondary N) is 3. The van der Waals surface area contributed by atoms with Gasteiger partial charge in [0.25, 0.3) is 17.7 Å². The topological polar surface area (TPSA) is 96.5 Å². The maximum atomic E-state index is 12.3. The van der Waals surface area contributed by atoms with Crippen LogP contribution >= 0.6 is 0 Å². The van der Waals surface area contributed by atoms with Crippen molar-refractivity contribution < 1.29 is 19.1 Å². The summed E-state index contributed by atoms with van der Waals surface area (Å²) in [6.07, 6.45) is -0.800. The van der Waals surface area contributed by atoms with Crippen molar-refractivity contribution in [3.05, 3.63) is 95.1 Å². The number of anilines is 1. The Hall–Kier alpha value is -4.13. The Bertz CT molecular complexity index is 1110. The van der Waals surface area contributed by atoms with Gasteiger partial charge in [0.15, 0.2) is 6.10 Å². The number of benzene rings is 3. The number of aryl methyl sites for hydroxylation is 2. The lowest BCUT2D eigenvalue weighted by Gasteiger charge is -2.17. The third kappa shape index (κ3) is 5.95. The molecule has 3 aromatic rings. The van der Waals surface area contributed by atoms with Crippen molar-refractivity contribution in [1.82, 2.24) is 10.9 Å². The average molecular weight is 431 g/mol. The Kier molecular flexibility index (Phi) is 7.23. The Morgan fingerprint density at radius 1 is 0.781 bits per heavy atom. The van der Waals surface area contributed by atoms with Gasteiger partial charge in [-0.3, -0.25) is 25.2 Å². The van der Waals surface area contributed by atoms with E-state index in [-0.39, 0.29) is 5.91 Å². The highest BCUT2D eigenvalue weighted by atomic mass is 16.5. The van der Waals surface area contributed by atoms with Crippen LogP contribution in [0, 0.1) is 13.8 Å². The summed E-state index contributed by atoms with van der Waals surface area (Å²) in [5.74, 6) is -0.593. The van der Waals surface area contributed by atoms with Crippen LogP contribution in [0.1, 0.15) is 38.8 Å². The van der Waals surface area contributed by atoms with Crippen molar-refractivity contribution >= 4 is 23.4 Å². The summed E-state index contributed by atoms with van der Waals surface area (Å²) in [6.45, 7) is 5.44. The first-order chi connectivity index (χ1) is 15.3. The molecule has 7 nitrogen and oxygen atoms in total. The van der Waals surface area contributed by atoms with Gasteiger partial charge in [0.2, 0.25) is 0 Å². The molecule has 3 aromatic carbocycles. The summed E-state index contributed by atoms with van der Waals surface area (Å²) in [4.78, 5) is 36.8. The van der Waals surface area contributed by atoms with E-state index >= 15 is 0 Å². The predicted molar refractivity (Wildman–Crippen MR) is 122 cm³/mol. The second-order valence-corrected chi connectivity index (χ2v) is 7.37. The van der Waals surface area contributed by atoms with E-state index in [2.05, 4.69) is 16.2 Å². The quantitative estimate of drug-likeness (QED) is 0.518. The summed E-state index contributed by atoms with van der Waals surface area (Å²) in [6, 6.07) is 20.9. The fraction of sp³-hybridized carbons (Fsp3) is 0.160. The lowest BCUT2D eigenvalue weighted by molar-refractivity contribution is -0.128. The molecule has 0 aliphatic heterocycles. The largest absolute Gasteiger partial charge is 0.481 e. The van der Waals surface area contributed by atoms with Crippen molar-refractivity contribution in [2.45, 2.75) is 26.9 Å². The van der Waals surface area contributed by atoms with Crippen LogP contribution in [0.15, 0.2) is 72.8 Å². The third-order valence-electron chi connectivity index (χ3n) is 4.76. The zero-order chi connectivity index (χ0) is 23.1.